The monoisotopic (exact) mass is 475 g/mol. The summed E-state index contributed by atoms with van der Waals surface area (Å²) in [4.78, 5) is 20.2. The third-order valence-corrected chi connectivity index (χ3v) is 8.93. The van der Waals surface area contributed by atoms with Crippen LogP contribution in [0.3, 0.4) is 0 Å². The highest BCUT2D eigenvalue weighted by atomic mass is 16.5. The summed E-state index contributed by atoms with van der Waals surface area (Å²) in [5.74, 6) is 2.56. The number of hydrazine groups is 1. The average Bonchev–Trinajstić information content (AvgIpc) is 3.30. The van der Waals surface area contributed by atoms with Gasteiger partial charge in [0, 0.05) is 43.4 Å². The van der Waals surface area contributed by atoms with Gasteiger partial charge in [-0.2, -0.15) is 0 Å². The van der Waals surface area contributed by atoms with Gasteiger partial charge in [0.25, 0.3) is 0 Å². The molecule has 4 heterocycles. The molecule has 3 aliphatic heterocycles. The van der Waals surface area contributed by atoms with Crippen molar-refractivity contribution < 1.29 is 9.53 Å². The van der Waals surface area contributed by atoms with Crippen molar-refractivity contribution in [2.45, 2.75) is 56.8 Å². The van der Waals surface area contributed by atoms with E-state index in [1.165, 1.54) is 17.5 Å². The van der Waals surface area contributed by atoms with Gasteiger partial charge in [0.05, 0.1) is 13.2 Å². The van der Waals surface area contributed by atoms with Crippen LogP contribution >= 0.6 is 0 Å². The molecule has 0 bridgehead atoms. The number of likely N-dealkylation sites (tertiary alicyclic amines) is 1. The van der Waals surface area contributed by atoms with E-state index < -0.39 is 0 Å². The lowest BCUT2D eigenvalue weighted by Crippen LogP contribution is -2.57. The lowest BCUT2D eigenvalue weighted by molar-refractivity contribution is -0.133. The van der Waals surface area contributed by atoms with Gasteiger partial charge in [-0.15, -0.1) is 0 Å². The molecule has 3 N–H and O–H groups in total. The van der Waals surface area contributed by atoms with Gasteiger partial charge in [0.2, 0.25) is 11.8 Å². The van der Waals surface area contributed by atoms with Crippen LogP contribution in [0, 0.1) is 23.7 Å². The normalized spacial score (nSPS) is 35.1. The Hall–Kier alpha value is -2.48. The molecule has 186 valence electrons. The fourth-order valence-electron chi connectivity index (χ4n) is 7.16. The molecule has 7 nitrogen and oxygen atoms in total. The zero-order chi connectivity index (χ0) is 23.8. The van der Waals surface area contributed by atoms with Crippen molar-refractivity contribution in [2.24, 2.45) is 23.7 Å². The van der Waals surface area contributed by atoms with Crippen LogP contribution in [0.1, 0.15) is 49.3 Å². The second-order valence-electron chi connectivity index (χ2n) is 11.0. The molecule has 7 unspecified atom stereocenters. The van der Waals surface area contributed by atoms with E-state index in [0.717, 1.165) is 45.3 Å². The molecule has 4 fully saturated rings. The minimum absolute atomic E-state index is 0.134. The fourth-order valence-corrected chi connectivity index (χ4v) is 7.16. The number of benzene rings is 1. The van der Waals surface area contributed by atoms with Gasteiger partial charge >= 0.3 is 0 Å². The van der Waals surface area contributed by atoms with Crippen LogP contribution < -0.4 is 20.9 Å². The molecule has 1 aliphatic carbocycles. The number of fused-ring (bicyclic) bond motifs is 2. The first-order chi connectivity index (χ1) is 17.2. The smallest absolute Gasteiger partial charge is 0.223 e. The number of carbonyl (C=O) groups excluding carboxylic acids is 1. The van der Waals surface area contributed by atoms with E-state index in [2.05, 4.69) is 62.5 Å². The second kappa shape index (κ2) is 9.88. The maximum Gasteiger partial charge on any atom is 0.223 e. The zero-order valence-corrected chi connectivity index (χ0v) is 20.5. The van der Waals surface area contributed by atoms with Gasteiger partial charge in [-0.3, -0.25) is 15.1 Å². The van der Waals surface area contributed by atoms with Crippen LogP contribution in [0.5, 0.6) is 5.88 Å². The zero-order valence-electron chi connectivity index (χ0n) is 20.5. The molecule has 1 saturated carbocycles. The molecule has 6 rings (SSSR count). The molecule has 4 aliphatic rings. The summed E-state index contributed by atoms with van der Waals surface area (Å²) in [5.41, 5.74) is 9.61. The van der Waals surface area contributed by atoms with Crippen molar-refractivity contribution in [1.82, 2.24) is 26.1 Å². The second-order valence-corrected chi connectivity index (χ2v) is 11.0. The van der Waals surface area contributed by atoms with Crippen molar-refractivity contribution in [3.63, 3.8) is 0 Å². The van der Waals surface area contributed by atoms with E-state index in [1.807, 2.05) is 12.3 Å². The molecule has 0 radical (unpaired) electrons. The van der Waals surface area contributed by atoms with Gasteiger partial charge in [0.1, 0.15) is 0 Å². The van der Waals surface area contributed by atoms with Crippen molar-refractivity contribution in [3.05, 3.63) is 59.8 Å². The van der Waals surface area contributed by atoms with Gasteiger partial charge < -0.3 is 10.1 Å². The number of nitrogens with zero attached hydrogens (tertiary/aromatic N) is 2. The van der Waals surface area contributed by atoms with Crippen LogP contribution in [-0.4, -0.2) is 48.1 Å². The fraction of sp³-hybridized carbons (Fsp3) is 0.571. The Morgan fingerprint density at radius 3 is 2.71 bits per heavy atom. The summed E-state index contributed by atoms with van der Waals surface area (Å²) >= 11 is 0. The number of rotatable bonds is 5. The average molecular weight is 476 g/mol. The Balaban J connectivity index is 1.12. The van der Waals surface area contributed by atoms with Crippen LogP contribution in [0.25, 0.3) is 0 Å². The number of hydrogen-bond donors (Lipinski definition) is 3. The first-order valence-electron chi connectivity index (χ1n) is 13.3. The van der Waals surface area contributed by atoms with Gasteiger partial charge in [-0.05, 0) is 67.5 Å². The molecule has 0 spiro atoms. The van der Waals surface area contributed by atoms with Crippen LogP contribution in [0.4, 0.5) is 0 Å². The topological polar surface area (TPSA) is 78.5 Å². The maximum atomic E-state index is 13.3. The summed E-state index contributed by atoms with van der Waals surface area (Å²) < 4.78 is 5.24. The number of methoxy groups -OCH3 is 1. The Labute approximate surface area is 208 Å². The van der Waals surface area contributed by atoms with E-state index in [0.29, 0.717) is 29.7 Å². The molecule has 1 aromatic carbocycles. The van der Waals surface area contributed by atoms with Crippen LogP contribution in [0.15, 0.2) is 48.7 Å². The van der Waals surface area contributed by atoms with Gasteiger partial charge in [-0.1, -0.05) is 36.4 Å². The van der Waals surface area contributed by atoms with Crippen molar-refractivity contribution in [2.75, 3.05) is 20.2 Å². The number of carbonyl (C=O) groups is 1. The van der Waals surface area contributed by atoms with E-state index in [-0.39, 0.29) is 23.9 Å². The van der Waals surface area contributed by atoms with E-state index in [1.54, 1.807) is 7.11 Å². The quantitative estimate of drug-likeness (QED) is 0.617. The summed E-state index contributed by atoms with van der Waals surface area (Å²) in [5, 5.41) is 3.46. The number of nitrogens with one attached hydrogen (secondary N) is 3. The highest BCUT2D eigenvalue weighted by Gasteiger charge is 2.49. The number of aromatic nitrogens is 1. The van der Waals surface area contributed by atoms with Crippen molar-refractivity contribution >= 4 is 5.91 Å². The van der Waals surface area contributed by atoms with Crippen LogP contribution in [-0.2, 0) is 11.3 Å². The lowest BCUT2D eigenvalue weighted by atomic mass is 9.65. The molecule has 35 heavy (non-hydrogen) atoms. The van der Waals surface area contributed by atoms with E-state index in [9.17, 15) is 4.79 Å². The summed E-state index contributed by atoms with van der Waals surface area (Å²) in [6, 6.07) is 15.7. The maximum absolute atomic E-state index is 13.3. The molecule has 7 atom stereocenters. The number of hydrogen-bond acceptors (Lipinski definition) is 6. The summed E-state index contributed by atoms with van der Waals surface area (Å²) in [7, 11) is 1.65. The van der Waals surface area contributed by atoms with E-state index in [4.69, 9.17) is 4.74 Å². The van der Waals surface area contributed by atoms with E-state index >= 15 is 0 Å². The van der Waals surface area contributed by atoms with Gasteiger partial charge in [0.15, 0.2) is 0 Å². The number of amides is 1. The Bertz CT molecular complexity index is 1020. The van der Waals surface area contributed by atoms with Crippen LogP contribution in [0.2, 0.25) is 0 Å². The van der Waals surface area contributed by atoms with Crippen molar-refractivity contribution in [1.29, 1.82) is 0 Å². The first kappa shape index (κ1) is 23.0. The number of pyridine rings is 1. The Morgan fingerprint density at radius 1 is 1.03 bits per heavy atom. The Morgan fingerprint density at radius 2 is 1.91 bits per heavy atom. The third kappa shape index (κ3) is 4.69. The van der Waals surface area contributed by atoms with Crippen molar-refractivity contribution in [3.8, 4) is 5.88 Å². The molecule has 2 aromatic rings. The SMILES string of the molecule is COc1ccc(C2NNC3CC4NC(=O)C(C5CCCN(Cc6ccccc6)C5)CC4CC32)cn1. The molecule has 1 amide bonds. The lowest BCUT2D eigenvalue weighted by Gasteiger charge is -2.47. The molecule has 1 aromatic heterocycles. The third-order valence-electron chi connectivity index (χ3n) is 8.93. The highest BCUT2D eigenvalue weighted by molar-refractivity contribution is 5.80. The molecular formula is C28H37N5O2. The number of ether oxygens (including phenoxy) is 1. The minimum Gasteiger partial charge on any atom is -0.481 e. The first-order valence-corrected chi connectivity index (χ1v) is 13.3. The predicted octanol–water partition coefficient (Wildman–Crippen LogP) is 3.05. The summed E-state index contributed by atoms with van der Waals surface area (Å²) in [6.07, 6.45) is 7.42. The Kier molecular flexibility index (Phi) is 6.48. The molecule has 7 heteroatoms. The largest absolute Gasteiger partial charge is 0.481 e. The predicted molar refractivity (Wildman–Crippen MR) is 134 cm³/mol. The summed E-state index contributed by atoms with van der Waals surface area (Å²) in [6.45, 7) is 3.14. The minimum atomic E-state index is 0.134. The molecular weight excluding hydrogens is 438 g/mol. The molecule has 3 saturated heterocycles. The number of piperidine rings is 2. The standard InChI is InChI=1S/C28H37N5O2/c1-35-26-10-9-19(15-29-26)27-23-13-21-12-22(28(34)30-24(21)14-25(23)31-32-27)20-8-5-11-33(17-20)16-18-6-3-2-4-7-18/h2-4,6-7,9-10,15,20-25,27,31-32H,5,8,11-14,16-17H2,1H3,(H,30,34). The van der Waals surface area contributed by atoms with Gasteiger partial charge in [-0.25, -0.2) is 10.4 Å². The highest BCUT2D eigenvalue weighted by Crippen LogP contribution is 2.45.